The number of rotatable bonds is 4. The van der Waals surface area contributed by atoms with Crippen LogP contribution in [0.4, 0.5) is 22.0 Å². The molecule has 1 aliphatic rings. The Morgan fingerprint density at radius 2 is 1.68 bits per heavy atom. The highest BCUT2D eigenvalue weighted by Crippen LogP contribution is 2.37. The summed E-state index contributed by atoms with van der Waals surface area (Å²) < 4.78 is 65.4. The molecule has 1 aliphatic heterocycles. The summed E-state index contributed by atoms with van der Waals surface area (Å²) in [6.45, 7) is 3.87. The first-order valence-corrected chi connectivity index (χ1v) is 6.86. The molecule has 0 atom stereocenters. The predicted octanol–water partition coefficient (Wildman–Crippen LogP) is 3.03. The van der Waals surface area contributed by atoms with Gasteiger partial charge in [-0.05, 0) is 30.7 Å². The van der Waals surface area contributed by atoms with E-state index in [2.05, 4.69) is 15.0 Å². The molecule has 0 aliphatic carbocycles. The second-order valence-electron chi connectivity index (χ2n) is 5.06. The summed E-state index contributed by atoms with van der Waals surface area (Å²) in [5, 5.41) is 4.29. The Hall–Kier alpha value is -1.41. The number of alkyl halides is 5. The zero-order valence-corrected chi connectivity index (χ0v) is 11.7. The number of hydrogen-bond acceptors (Lipinski definition) is 2. The van der Waals surface area contributed by atoms with E-state index in [-0.39, 0.29) is 0 Å². The van der Waals surface area contributed by atoms with Gasteiger partial charge in [-0.3, -0.25) is 4.90 Å². The van der Waals surface area contributed by atoms with E-state index in [1.165, 1.54) is 12.1 Å². The maximum Gasteiger partial charge on any atom is 0.499 e. The van der Waals surface area contributed by atoms with Crippen molar-refractivity contribution in [1.82, 2.24) is 10.2 Å². The molecule has 0 bridgehead atoms. The topological polar surface area (TPSA) is 26.6 Å². The Bertz CT molecular complexity index is 467. The molecule has 2 rings (SSSR count). The summed E-state index contributed by atoms with van der Waals surface area (Å²) in [5.41, 5.74) is 0.824. The maximum atomic E-state index is 12.8. The summed E-state index contributed by atoms with van der Waals surface area (Å²) in [5.74, 6) is -0.517. The van der Waals surface area contributed by atoms with Gasteiger partial charge in [-0.15, -0.1) is 0 Å². The molecule has 1 fully saturated rings. The first-order chi connectivity index (χ1) is 10.3. The third-order valence-corrected chi connectivity index (χ3v) is 3.27. The molecule has 123 valence electrons. The van der Waals surface area contributed by atoms with Gasteiger partial charge in [0, 0.05) is 26.2 Å². The van der Waals surface area contributed by atoms with E-state index in [9.17, 15) is 22.0 Å². The number of ether oxygens (including phenoxy) is 1. The van der Waals surface area contributed by atoms with Crippen molar-refractivity contribution in [3.05, 3.63) is 29.8 Å². The van der Waals surface area contributed by atoms with Gasteiger partial charge in [0.1, 0.15) is 5.75 Å². The van der Waals surface area contributed by atoms with Crippen LogP contribution in [0.25, 0.3) is 0 Å². The first-order valence-electron chi connectivity index (χ1n) is 6.86. The lowest BCUT2D eigenvalue weighted by Crippen LogP contribution is -2.41. The van der Waals surface area contributed by atoms with Gasteiger partial charge < -0.3 is 4.74 Å². The maximum absolute atomic E-state index is 12.8. The van der Waals surface area contributed by atoms with Gasteiger partial charge >= 0.3 is 12.3 Å². The zero-order chi connectivity index (χ0) is 16.2. The molecule has 0 spiro atoms. The Morgan fingerprint density at radius 3 is 2.32 bits per heavy atom. The van der Waals surface area contributed by atoms with Crippen LogP contribution in [-0.2, 0) is 6.54 Å². The number of hydrogen-bond donors (Lipinski definition) is 0. The lowest BCUT2D eigenvalue weighted by Gasteiger charge is -2.21. The zero-order valence-electron chi connectivity index (χ0n) is 11.7. The molecule has 0 amide bonds. The molecule has 1 heterocycles. The fourth-order valence-electron chi connectivity index (χ4n) is 2.13. The smallest absolute Gasteiger partial charge is 0.426 e. The minimum absolute atomic E-state index is 0.517. The second kappa shape index (κ2) is 6.78. The molecule has 1 aromatic rings. The van der Waals surface area contributed by atoms with Gasteiger partial charge in [-0.1, -0.05) is 12.1 Å². The van der Waals surface area contributed by atoms with Crippen molar-refractivity contribution in [2.24, 2.45) is 0 Å². The fraction of sp³-hybridized carbons (Fsp3) is 0.571. The Kier molecular flexibility index (Phi) is 5.23. The van der Waals surface area contributed by atoms with Gasteiger partial charge in [0.2, 0.25) is 0 Å². The van der Waals surface area contributed by atoms with Crippen molar-refractivity contribution < 1.29 is 26.7 Å². The van der Waals surface area contributed by atoms with Crippen LogP contribution in [0.2, 0.25) is 0 Å². The highest BCUT2D eigenvalue weighted by Gasteiger charge is 2.61. The number of halogens is 5. The SMILES string of the molecule is FC(F)(F)C(F)(F)Oc1ccc(CN2CCC[N]CC2)cc1. The minimum atomic E-state index is -5.73. The molecule has 3 nitrogen and oxygen atoms in total. The van der Waals surface area contributed by atoms with E-state index in [1.54, 1.807) is 0 Å². The van der Waals surface area contributed by atoms with Crippen LogP contribution < -0.4 is 10.1 Å². The molecule has 1 saturated heterocycles. The van der Waals surface area contributed by atoms with Crippen molar-refractivity contribution in [3.63, 3.8) is 0 Å². The fourth-order valence-corrected chi connectivity index (χ4v) is 2.13. The summed E-state index contributed by atoms with van der Waals surface area (Å²) in [7, 11) is 0. The van der Waals surface area contributed by atoms with E-state index in [0.29, 0.717) is 6.54 Å². The molecular formula is C14H16F5N2O. The normalized spacial score (nSPS) is 18.0. The quantitative estimate of drug-likeness (QED) is 0.796. The van der Waals surface area contributed by atoms with E-state index < -0.39 is 18.0 Å². The number of benzene rings is 1. The highest BCUT2D eigenvalue weighted by atomic mass is 19.4. The Labute approximate surface area is 125 Å². The van der Waals surface area contributed by atoms with Crippen LogP contribution in [0, 0.1) is 0 Å². The molecule has 1 radical (unpaired) electrons. The predicted molar refractivity (Wildman–Crippen MR) is 69.8 cm³/mol. The van der Waals surface area contributed by atoms with Crippen molar-refractivity contribution in [2.75, 3.05) is 26.2 Å². The molecule has 1 aromatic carbocycles. The molecule has 0 unspecified atom stereocenters. The van der Waals surface area contributed by atoms with E-state index >= 15 is 0 Å². The van der Waals surface area contributed by atoms with Gasteiger partial charge in [0.25, 0.3) is 0 Å². The summed E-state index contributed by atoms with van der Waals surface area (Å²) >= 11 is 0. The molecule has 8 heteroatoms. The lowest BCUT2D eigenvalue weighted by molar-refractivity contribution is -0.360. The van der Waals surface area contributed by atoms with Crippen molar-refractivity contribution in [3.8, 4) is 5.75 Å². The summed E-state index contributed by atoms with van der Waals surface area (Å²) in [4.78, 5) is 2.16. The number of nitrogens with zero attached hydrogens (tertiary/aromatic N) is 2. The molecule has 22 heavy (non-hydrogen) atoms. The second-order valence-corrected chi connectivity index (χ2v) is 5.06. The van der Waals surface area contributed by atoms with E-state index in [1.807, 2.05) is 0 Å². The van der Waals surface area contributed by atoms with Crippen LogP contribution in [0.15, 0.2) is 24.3 Å². The highest BCUT2D eigenvalue weighted by molar-refractivity contribution is 5.27. The standard InChI is InChI=1S/C14H16F5N2O/c15-13(16,17)14(18,19)22-12-4-2-11(3-5-12)10-21-8-1-6-20-7-9-21/h2-5H,1,6-10H2. The molecule has 0 saturated carbocycles. The van der Waals surface area contributed by atoms with E-state index in [4.69, 9.17) is 0 Å². The molecule has 0 N–H and O–H groups in total. The average Bonchev–Trinajstić information content (AvgIpc) is 2.68. The third-order valence-electron chi connectivity index (χ3n) is 3.27. The summed E-state index contributed by atoms with van der Waals surface area (Å²) in [6.07, 6.45) is -9.97. The van der Waals surface area contributed by atoms with Crippen LogP contribution in [0.1, 0.15) is 12.0 Å². The van der Waals surface area contributed by atoms with Crippen LogP contribution in [0.3, 0.4) is 0 Å². The van der Waals surface area contributed by atoms with E-state index in [0.717, 1.165) is 50.3 Å². The minimum Gasteiger partial charge on any atom is -0.426 e. The monoisotopic (exact) mass is 323 g/mol. The average molecular weight is 323 g/mol. The van der Waals surface area contributed by atoms with Crippen LogP contribution >= 0.6 is 0 Å². The van der Waals surface area contributed by atoms with Crippen molar-refractivity contribution >= 4 is 0 Å². The van der Waals surface area contributed by atoms with Crippen molar-refractivity contribution in [2.45, 2.75) is 25.3 Å². The van der Waals surface area contributed by atoms with Crippen LogP contribution in [0.5, 0.6) is 5.75 Å². The van der Waals surface area contributed by atoms with Gasteiger partial charge in [0.15, 0.2) is 0 Å². The lowest BCUT2D eigenvalue weighted by atomic mass is 10.2. The van der Waals surface area contributed by atoms with Gasteiger partial charge in [-0.25, -0.2) is 5.32 Å². The van der Waals surface area contributed by atoms with Gasteiger partial charge in [0.05, 0.1) is 0 Å². The van der Waals surface area contributed by atoms with Gasteiger partial charge in [-0.2, -0.15) is 22.0 Å². The summed E-state index contributed by atoms with van der Waals surface area (Å²) in [6, 6.07) is 5.22. The first kappa shape index (κ1) is 17.0. The van der Waals surface area contributed by atoms with Crippen LogP contribution in [-0.4, -0.2) is 43.4 Å². The molecule has 0 aromatic heterocycles. The van der Waals surface area contributed by atoms with Crippen molar-refractivity contribution in [1.29, 1.82) is 0 Å². The molecular weight excluding hydrogens is 307 g/mol. The Morgan fingerprint density at radius 1 is 1.00 bits per heavy atom. The Balaban J connectivity index is 1.95. The largest absolute Gasteiger partial charge is 0.499 e. The third kappa shape index (κ3) is 4.54.